The predicted octanol–water partition coefficient (Wildman–Crippen LogP) is 0.948. The number of carboxylic acids is 1. The molecule has 1 aliphatic rings. The van der Waals surface area contributed by atoms with Crippen molar-refractivity contribution in [1.82, 2.24) is 10.4 Å². The predicted molar refractivity (Wildman–Crippen MR) is 63.6 cm³/mol. The zero-order chi connectivity index (χ0) is 15.8. The van der Waals surface area contributed by atoms with Crippen molar-refractivity contribution in [3.8, 4) is 0 Å². The molecule has 1 saturated heterocycles. The molecule has 0 aromatic heterocycles. The molecule has 0 aliphatic carbocycles. The van der Waals surface area contributed by atoms with Gasteiger partial charge >= 0.3 is 12.1 Å². The van der Waals surface area contributed by atoms with Crippen LogP contribution in [0.3, 0.4) is 0 Å². The topological polar surface area (TPSA) is 78.9 Å². The van der Waals surface area contributed by atoms with E-state index in [1.807, 2.05) is 6.08 Å². The molecule has 1 aliphatic heterocycles. The van der Waals surface area contributed by atoms with Crippen molar-refractivity contribution in [2.75, 3.05) is 20.7 Å². The lowest BCUT2D eigenvalue weighted by molar-refractivity contribution is -0.192. The summed E-state index contributed by atoms with van der Waals surface area (Å²) in [4.78, 5) is 24.9. The Balaban J connectivity index is 0.000000441. The summed E-state index contributed by atoms with van der Waals surface area (Å²) in [6.07, 6.45) is 0.654. The van der Waals surface area contributed by atoms with E-state index in [0.717, 1.165) is 13.0 Å². The summed E-state index contributed by atoms with van der Waals surface area (Å²) in [7, 11) is 3.06. The number of rotatable bonds is 3. The standard InChI is InChI=1S/C9H16N2O2.C2HF3O2/c1-11(13-2)9(12)6-5-8-4-3-7-10-8;3-2(4,5)1(6)7/h5-6,8,10H,3-4,7H2,1-2H3;(H,6,7)/b6-5+;/t8-;/m0./s1. The molecule has 1 atom stereocenters. The first kappa shape index (κ1) is 18.4. The van der Waals surface area contributed by atoms with E-state index in [-0.39, 0.29) is 5.91 Å². The lowest BCUT2D eigenvalue weighted by Crippen LogP contribution is -2.24. The maximum atomic E-state index is 11.2. The van der Waals surface area contributed by atoms with Gasteiger partial charge in [0.25, 0.3) is 5.91 Å². The van der Waals surface area contributed by atoms with Gasteiger partial charge in [-0.05, 0) is 19.4 Å². The number of nitrogens with zero attached hydrogens (tertiary/aromatic N) is 1. The number of hydroxylamine groups is 2. The summed E-state index contributed by atoms with van der Waals surface area (Å²) < 4.78 is 31.7. The lowest BCUT2D eigenvalue weighted by Gasteiger charge is -2.10. The number of nitrogens with one attached hydrogen (secondary N) is 1. The molecule has 0 unspecified atom stereocenters. The van der Waals surface area contributed by atoms with Crippen molar-refractivity contribution >= 4 is 11.9 Å². The summed E-state index contributed by atoms with van der Waals surface area (Å²) in [5.41, 5.74) is 0. The molecule has 20 heavy (non-hydrogen) atoms. The second-order valence-electron chi connectivity index (χ2n) is 3.88. The number of halogens is 3. The van der Waals surface area contributed by atoms with Crippen molar-refractivity contribution in [2.24, 2.45) is 0 Å². The average molecular weight is 298 g/mol. The molecule has 1 heterocycles. The van der Waals surface area contributed by atoms with Crippen LogP contribution in [0.15, 0.2) is 12.2 Å². The molecule has 0 bridgehead atoms. The van der Waals surface area contributed by atoms with Crippen molar-refractivity contribution in [3.05, 3.63) is 12.2 Å². The fourth-order valence-electron chi connectivity index (χ4n) is 1.27. The Morgan fingerprint density at radius 3 is 2.35 bits per heavy atom. The van der Waals surface area contributed by atoms with Crippen LogP contribution in [0, 0.1) is 0 Å². The number of carbonyl (C=O) groups is 2. The van der Waals surface area contributed by atoms with E-state index in [9.17, 15) is 18.0 Å². The van der Waals surface area contributed by atoms with Gasteiger partial charge in [0.2, 0.25) is 0 Å². The third-order valence-corrected chi connectivity index (χ3v) is 2.40. The van der Waals surface area contributed by atoms with Crippen molar-refractivity contribution < 1.29 is 32.7 Å². The summed E-state index contributed by atoms with van der Waals surface area (Å²) in [5, 5.41) is 11.6. The highest BCUT2D eigenvalue weighted by molar-refractivity contribution is 5.86. The summed E-state index contributed by atoms with van der Waals surface area (Å²) in [5.74, 6) is -2.89. The van der Waals surface area contributed by atoms with Crippen LogP contribution in [0.25, 0.3) is 0 Å². The summed E-state index contributed by atoms with van der Waals surface area (Å²) in [6.45, 7) is 1.04. The van der Waals surface area contributed by atoms with Gasteiger partial charge in [-0.1, -0.05) is 6.08 Å². The van der Waals surface area contributed by atoms with E-state index in [1.54, 1.807) is 13.1 Å². The number of hydrogen-bond donors (Lipinski definition) is 2. The van der Waals surface area contributed by atoms with Gasteiger partial charge in [-0.3, -0.25) is 9.63 Å². The van der Waals surface area contributed by atoms with Crippen LogP contribution in [0.1, 0.15) is 12.8 Å². The first-order valence-electron chi connectivity index (χ1n) is 5.72. The van der Waals surface area contributed by atoms with E-state index >= 15 is 0 Å². The number of carbonyl (C=O) groups excluding carboxylic acids is 1. The zero-order valence-electron chi connectivity index (χ0n) is 11.1. The minimum Gasteiger partial charge on any atom is -0.475 e. The van der Waals surface area contributed by atoms with Crippen LogP contribution in [0.4, 0.5) is 13.2 Å². The quantitative estimate of drug-likeness (QED) is 0.599. The molecule has 0 aromatic rings. The zero-order valence-corrected chi connectivity index (χ0v) is 11.1. The second-order valence-corrected chi connectivity index (χ2v) is 3.88. The van der Waals surface area contributed by atoms with E-state index in [1.165, 1.54) is 18.6 Å². The largest absolute Gasteiger partial charge is 0.490 e. The van der Waals surface area contributed by atoms with Gasteiger partial charge in [0.1, 0.15) is 0 Å². The van der Waals surface area contributed by atoms with Crippen molar-refractivity contribution in [3.63, 3.8) is 0 Å². The van der Waals surface area contributed by atoms with Crippen LogP contribution in [0.2, 0.25) is 0 Å². The Kier molecular flexibility index (Phi) is 7.85. The number of likely N-dealkylation sites (N-methyl/N-ethyl adjacent to an activating group) is 1. The Hall–Kier alpha value is -1.61. The molecule has 1 fully saturated rings. The SMILES string of the molecule is CON(C)C(=O)/C=C/[C@@H]1CCCN1.O=C(O)C(F)(F)F. The van der Waals surface area contributed by atoms with Gasteiger partial charge in [0.15, 0.2) is 0 Å². The van der Waals surface area contributed by atoms with Crippen LogP contribution in [-0.4, -0.2) is 55.0 Å². The highest BCUT2D eigenvalue weighted by Gasteiger charge is 2.38. The summed E-state index contributed by atoms with van der Waals surface area (Å²) >= 11 is 0. The molecule has 9 heteroatoms. The minimum atomic E-state index is -5.08. The molecular weight excluding hydrogens is 281 g/mol. The van der Waals surface area contributed by atoms with Gasteiger partial charge in [-0.15, -0.1) is 0 Å². The van der Waals surface area contributed by atoms with E-state index < -0.39 is 12.1 Å². The number of aliphatic carboxylic acids is 1. The van der Waals surface area contributed by atoms with Gasteiger partial charge in [-0.2, -0.15) is 13.2 Å². The Morgan fingerprint density at radius 1 is 1.45 bits per heavy atom. The van der Waals surface area contributed by atoms with Crippen LogP contribution in [-0.2, 0) is 14.4 Å². The van der Waals surface area contributed by atoms with E-state index in [2.05, 4.69) is 5.32 Å². The third-order valence-electron chi connectivity index (χ3n) is 2.40. The molecule has 6 nitrogen and oxygen atoms in total. The maximum Gasteiger partial charge on any atom is 0.490 e. The normalized spacial score (nSPS) is 18.6. The Morgan fingerprint density at radius 2 is 2.00 bits per heavy atom. The van der Waals surface area contributed by atoms with E-state index in [4.69, 9.17) is 14.7 Å². The number of carboxylic acid groups (broad SMARTS) is 1. The van der Waals surface area contributed by atoms with Crippen molar-refractivity contribution in [1.29, 1.82) is 0 Å². The molecule has 116 valence electrons. The minimum absolute atomic E-state index is 0.129. The molecular formula is C11H17F3N2O4. The molecule has 1 rings (SSSR count). The van der Waals surface area contributed by atoms with Crippen molar-refractivity contribution in [2.45, 2.75) is 25.1 Å². The van der Waals surface area contributed by atoms with Gasteiger partial charge in [-0.25, -0.2) is 9.86 Å². The maximum absolute atomic E-state index is 11.2. The molecule has 0 radical (unpaired) electrons. The molecule has 0 aromatic carbocycles. The second kappa shape index (κ2) is 8.54. The van der Waals surface area contributed by atoms with Crippen LogP contribution >= 0.6 is 0 Å². The number of alkyl halides is 3. The highest BCUT2D eigenvalue weighted by atomic mass is 19.4. The fourth-order valence-corrected chi connectivity index (χ4v) is 1.27. The summed E-state index contributed by atoms with van der Waals surface area (Å²) in [6, 6.07) is 0.356. The number of amides is 1. The van der Waals surface area contributed by atoms with E-state index in [0.29, 0.717) is 6.04 Å². The molecule has 2 N–H and O–H groups in total. The van der Waals surface area contributed by atoms with Crippen LogP contribution in [0.5, 0.6) is 0 Å². The van der Waals surface area contributed by atoms with Crippen LogP contribution < -0.4 is 5.32 Å². The van der Waals surface area contributed by atoms with Gasteiger partial charge in [0.05, 0.1) is 7.11 Å². The van der Waals surface area contributed by atoms with Gasteiger partial charge in [0, 0.05) is 19.2 Å². The molecule has 0 spiro atoms. The first-order chi connectivity index (χ1) is 9.18. The van der Waals surface area contributed by atoms with Gasteiger partial charge < -0.3 is 10.4 Å². The lowest BCUT2D eigenvalue weighted by atomic mass is 10.2. The monoisotopic (exact) mass is 298 g/mol. The highest BCUT2D eigenvalue weighted by Crippen LogP contribution is 2.13. The fraction of sp³-hybridized carbons (Fsp3) is 0.636. The smallest absolute Gasteiger partial charge is 0.475 e. The third kappa shape index (κ3) is 7.74. The Labute approximate surface area is 114 Å². The molecule has 0 saturated carbocycles. The molecule has 1 amide bonds. The number of hydrogen-bond acceptors (Lipinski definition) is 4. The Bertz CT molecular complexity index is 352. The average Bonchev–Trinajstić information content (AvgIpc) is 2.87. The first-order valence-corrected chi connectivity index (χ1v) is 5.72.